The Morgan fingerprint density at radius 3 is 2.30 bits per heavy atom. The molecule has 1 heterocycles. The lowest BCUT2D eigenvalue weighted by Gasteiger charge is -2.03. The van der Waals surface area contributed by atoms with E-state index in [0.717, 1.165) is 5.69 Å². The van der Waals surface area contributed by atoms with Gasteiger partial charge in [-0.2, -0.15) is 0 Å². The Balaban J connectivity index is 3.10. The molecule has 1 rings (SSSR count). The van der Waals surface area contributed by atoms with Crippen molar-refractivity contribution in [2.75, 3.05) is 5.73 Å². The van der Waals surface area contributed by atoms with Gasteiger partial charge in [0.25, 0.3) is 0 Å². The fourth-order valence-electron chi connectivity index (χ4n) is 1.05. The summed E-state index contributed by atoms with van der Waals surface area (Å²) in [6, 6.07) is 0. The molecule has 10 heavy (non-hydrogen) atoms. The topological polar surface area (TPSA) is 56.7 Å². The van der Waals surface area contributed by atoms with Gasteiger partial charge in [-0.05, 0) is 5.92 Å². The minimum absolute atomic E-state index is 0.389. The normalized spacial score (nSPS) is 10.8. The SMILES string of the molecule is CC(C)c1c(N)nnn1C. The molecule has 0 radical (unpaired) electrons. The first-order chi connectivity index (χ1) is 4.63. The van der Waals surface area contributed by atoms with Crippen LogP contribution in [0.15, 0.2) is 0 Å². The molecule has 0 fully saturated rings. The summed E-state index contributed by atoms with van der Waals surface area (Å²) in [6.45, 7) is 4.13. The maximum Gasteiger partial charge on any atom is 0.169 e. The molecule has 0 bridgehead atoms. The monoisotopic (exact) mass is 140 g/mol. The molecule has 1 aromatic heterocycles. The molecule has 0 aromatic carbocycles. The van der Waals surface area contributed by atoms with Crippen molar-refractivity contribution >= 4 is 5.82 Å². The first kappa shape index (κ1) is 7.05. The van der Waals surface area contributed by atoms with E-state index in [9.17, 15) is 0 Å². The largest absolute Gasteiger partial charge is 0.381 e. The van der Waals surface area contributed by atoms with Crippen molar-refractivity contribution < 1.29 is 0 Å². The zero-order valence-corrected chi connectivity index (χ0v) is 6.50. The van der Waals surface area contributed by atoms with Crippen LogP contribution in [0.4, 0.5) is 5.82 Å². The summed E-state index contributed by atoms with van der Waals surface area (Å²) in [7, 11) is 1.85. The number of nitrogens with two attached hydrogens (primary N) is 1. The van der Waals surface area contributed by atoms with E-state index in [1.54, 1.807) is 4.68 Å². The van der Waals surface area contributed by atoms with Crippen molar-refractivity contribution in [3.05, 3.63) is 5.69 Å². The molecule has 4 heteroatoms. The fourth-order valence-corrected chi connectivity index (χ4v) is 1.05. The zero-order valence-electron chi connectivity index (χ0n) is 6.50. The second-order valence-corrected chi connectivity index (χ2v) is 2.64. The lowest BCUT2D eigenvalue weighted by Crippen LogP contribution is -2.02. The highest BCUT2D eigenvalue weighted by molar-refractivity contribution is 5.34. The third kappa shape index (κ3) is 0.964. The lowest BCUT2D eigenvalue weighted by molar-refractivity contribution is 0.648. The van der Waals surface area contributed by atoms with Crippen LogP contribution in [-0.2, 0) is 7.05 Å². The Labute approximate surface area is 60.0 Å². The number of hydrogen-bond donors (Lipinski definition) is 1. The Hall–Kier alpha value is -1.06. The molecule has 0 aliphatic carbocycles. The molecule has 56 valence electrons. The number of aromatic nitrogens is 3. The van der Waals surface area contributed by atoms with E-state index in [-0.39, 0.29) is 0 Å². The van der Waals surface area contributed by atoms with Gasteiger partial charge in [0.05, 0.1) is 5.69 Å². The van der Waals surface area contributed by atoms with E-state index in [1.165, 1.54) is 0 Å². The van der Waals surface area contributed by atoms with Crippen molar-refractivity contribution in [1.82, 2.24) is 15.0 Å². The van der Waals surface area contributed by atoms with Crippen molar-refractivity contribution in [3.8, 4) is 0 Å². The molecule has 0 aliphatic rings. The van der Waals surface area contributed by atoms with Crippen LogP contribution < -0.4 is 5.73 Å². The molecule has 0 unspecified atom stereocenters. The predicted molar refractivity (Wildman–Crippen MR) is 39.5 cm³/mol. The van der Waals surface area contributed by atoms with Gasteiger partial charge in [-0.25, -0.2) is 4.68 Å². The van der Waals surface area contributed by atoms with E-state index in [4.69, 9.17) is 5.73 Å². The molecule has 0 aliphatic heterocycles. The van der Waals surface area contributed by atoms with Crippen molar-refractivity contribution in [3.63, 3.8) is 0 Å². The van der Waals surface area contributed by atoms with Crippen LogP contribution >= 0.6 is 0 Å². The quantitative estimate of drug-likeness (QED) is 0.618. The van der Waals surface area contributed by atoms with Crippen LogP contribution in [0.3, 0.4) is 0 Å². The summed E-state index contributed by atoms with van der Waals surface area (Å²) < 4.78 is 1.71. The van der Waals surface area contributed by atoms with Gasteiger partial charge in [-0.15, -0.1) is 5.10 Å². The van der Waals surface area contributed by atoms with Gasteiger partial charge in [0, 0.05) is 7.05 Å². The summed E-state index contributed by atoms with van der Waals surface area (Å²) in [5, 5.41) is 7.51. The van der Waals surface area contributed by atoms with Crippen molar-refractivity contribution in [2.45, 2.75) is 19.8 Å². The lowest BCUT2D eigenvalue weighted by atomic mass is 10.1. The van der Waals surface area contributed by atoms with Crippen LogP contribution in [0.2, 0.25) is 0 Å². The number of rotatable bonds is 1. The molecule has 0 spiro atoms. The summed E-state index contributed by atoms with van der Waals surface area (Å²) in [5.74, 6) is 0.928. The molecule has 1 aromatic rings. The number of nitrogens with zero attached hydrogens (tertiary/aromatic N) is 3. The van der Waals surface area contributed by atoms with Gasteiger partial charge in [0.1, 0.15) is 0 Å². The third-order valence-corrected chi connectivity index (χ3v) is 1.44. The van der Waals surface area contributed by atoms with E-state index in [0.29, 0.717) is 11.7 Å². The number of aryl methyl sites for hydroxylation is 1. The van der Waals surface area contributed by atoms with Crippen molar-refractivity contribution in [1.29, 1.82) is 0 Å². The van der Waals surface area contributed by atoms with Crippen LogP contribution in [0.25, 0.3) is 0 Å². The number of nitrogen functional groups attached to an aromatic ring is 1. The average Bonchev–Trinajstić information content (AvgIpc) is 2.11. The highest BCUT2D eigenvalue weighted by atomic mass is 15.4. The molecule has 0 saturated carbocycles. The third-order valence-electron chi connectivity index (χ3n) is 1.44. The van der Waals surface area contributed by atoms with E-state index >= 15 is 0 Å². The molecule has 2 N–H and O–H groups in total. The standard InChI is InChI=1S/C6H12N4/c1-4(2)5-6(7)8-9-10(5)3/h4H,7H2,1-3H3. The number of hydrogen-bond acceptors (Lipinski definition) is 3. The molecule has 0 amide bonds. The first-order valence-corrected chi connectivity index (χ1v) is 3.28. The van der Waals surface area contributed by atoms with E-state index in [2.05, 4.69) is 24.2 Å². The van der Waals surface area contributed by atoms with Gasteiger partial charge >= 0.3 is 0 Å². The highest BCUT2D eigenvalue weighted by Gasteiger charge is 2.09. The van der Waals surface area contributed by atoms with Crippen LogP contribution in [0.1, 0.15) is 25.5 Å². The first-order valence-electron chi connectivity index (χ1n) is 3.28. The second-order valence-electron chi connectivity index (χ2n) is 2.64. The average molecular weight is 140 g/mol. The summed E-state index contributed by atoms with van der Waals surface area (Å²) in [4.78, 5) is 0. The smallest absolute Gasteiger partial charge is 0.169 e. The summed E-state index contributed by atoms with van der Waals surface area (Å²) >= 11 is 0. The molecular formula is C6H12N4. The molecule has 0 atom stereocenters. The molecule has 0 saturated heterocycles. The van der Waals surface area contributed by atoms with Crippen LogP contribution in [0.5, 0.6) is 0 Å². The maximum atomic E-state index is 5.55. The van der Waals surface area contributed by atoms with Gasteiger partial charge in [0.15, 0.2) is 5.82 Å². The minimum Gasteiger partial charge on any atom is -0.381 e. The Bertz CT molecular complexity index is 206. The second kappa shape index (κ2) is 2.28. The summed E-state index contributed by atoms with van der Waals surface area (Å²) in [5.41, 5.74) is 6.55. The summed E-state index contributed by atoms with van der Waals surface area (Å²) in [6.07, 6.45) is 0. The van der Waals surface area contributed by atoms with Crippen molar-refractivity contribution in [2.24, 2.45) is 7.05 Å². The highest BCUT2D eigenvalue weighted by Crippen LogP contribution is 2.17. The zero-order chi connectivity index (χ0) is 7.72. The molecular weight excluding hydrogens is 128 g/mol. The van der Waals surface area contributed by atoms with Crippen LogP contribution in [0, 0.1) is 0 Å². The predicted octanol–water partition coefficient (Wildman–Crippen LogP) is 0.521. The van der Waals surface area contributed by atoms with E-state index < -0.39 is 0 Å². The van der Waals surface area contributed by atoms with Gasteiger partial charge in [-0.3, -0.25) is 0 Å². The fraction of sp³-hybridized carbons (Fsp3) is 0.667. The molecule has 4 nitrogen and oxygen atoms in total. The maximum absolute atomic E-state index is 5.55. The van der Waals surface area contributed by atoms with E-state index in [1.807, 2.05) is 7.05 Å². The Morgan fingerprint density at radius 2 is 2.10 bits per heavy atom. The minimum atomic E-state index is 0.389. The van der Waals surface area contributed by atoms with Gasteiger partial charge in [0.2, 0.25) is 0 Å². The number of anilines is 1. The Morgan fingerprint density at radius 1 is 1.50 bits per heavy atom. The van der Waals surface area contributed by atoms with Gasteiger partial charge < -0.3 is 5.73 Å². The van der Waals surface area contributed by atoms with Crippen LogP contribution in [-0.4, -0.2) is 15.0 Å². The van der Waals surface area contributed by atoms with Gasteiger partial charge in [-0.1, -0.05) is 19.1 Å². The Kier molecular flexibility index (Phi) is 1.61.